The normalized spacial score (nSPS) is 12.5. The summed E-state index contributed by atoms with van der Waals surface area (Å²) in [6.07, 6.45) is 0. The number of aliphatic hydroxyl groups excluding tert-OH is 1. The fourth-order valence-electron chi connectivity index (χ4n) is 2.03. The van der Waals surface area contributed by atoms with Gasteiger partial charge in [0.25, 0.3) is 0 Å². The summed E-state index contributed by atoms with van der Waals surface area (Å²) in [6, 6.07) is 2.69. The minimum absolute atomic E-state index is 0.0770. The lowest BCUT2D eigenvalue weighted by molar-refractivity contribution is 0.272. The van der Waals surface area contributed by atoms with Gasteiger partial charge in [0.2, 0.25) is 0 Å². The first-order valence-corrected chi connectivity index (χ1v) is 7.99. The van der Waals surface area contributed by atoms with Crippen molar-refractivity contribution in [1.82, 2.24) is 0 Å². The van der Waals surface area contributed by atoms with Crippen molar-refractivity contribution < 1.29 is 18.6 Å². The lowest BCUT2D eigenvalue weighted by Gasteiger charge is -2.12. The van der Waals surface area contributed by atoms with E-state index in [1.54, 1.807) is 20.8 Å². The van der Waals surface area contributed by atoms with Crippen LogP contribution in [0.2, 0.25) is 0 Å². The van der Waals surface area contributed by atoms with Crippen molar-refractivity contribution in [3.05, 3.63) is 43.6 Å². The summed E-state index contributed by atoms with van der Waals surface area (Å²) in [5.41, 5.74) is 1.20. The van der Waals surface area contributed by atoms with E-state index in [4.69, 9.17) is 9.84 Å². The summed E-state index contributed by atoms with van der Waals surface area (Å²) >= 11 is 4.47. The van der Waals surface area contributed by atoms with E-state index in [2.05, 4.69) is 15.9 Å². The van der Waals surface area contributed by atoms with Crippen molar-refractivity contribution in [2.75, 3.05) is 6.61 Å². The van der Waals surface area contributed by atoms with E-state index in [1.807, 2.05) is 0 Å². The molecule has 2 nitrogen and oxygen atoms in total. The molecule has 0 fully saturated rings. The van der Waals surface area contributed by atoms with Gasteiger partial charge in [-0.05, 0) is 53.0 Å². The van der Waals surface area contributed by atoms with Gasteiger partial charge in [0.15, 0.2) is 11.6 Å². The monoisotopic (exact) mass is 376 g/mol. The number of rotatable bonds is 4. The third kappa shape index (κ3) is 3.27. The van der Waals surface area contributed by atoms with Gasteiger partial charge < -0.3 is 9.84 Å². The molecule has 1 N–H and O–H groups in total. The summed E-state index contributed by atoms with van der Waals surface area (Å²) in [4.78, 5) is 0.428. The van der Waals surface area contributed by atoms with Crippen LogP contribution < -0.4 is 4.74 Å². The molecule has 1 aromatic heterocycles. The lowest BCUT2D eigenvalue weighted by Crippen LogP contribution is -1.99. The number of aliphatic hydroxyl groups is 1. The number of hydrogen-bond donors (Lipinski definition) is 1. The molecular formula is C15H15BrF2O2S. The van der Waals surface area contributed by atoms with Crippen LogP contribution in [0, 0.1) is 25.5 Å². The molecule has 21 heavy (non-hydrogen) atoms. The maximum atomic E-state index is 14.4. The fourth-order valence-corrected chi connectivity index (χ4v) is 3.68. The Morgan fingerprint density at radius 2 is 1.81 bits per heavy atom. The van der Waals surface area contributed by atoms with Crippen LogP contribution in [-0.2, 0) is 0 Å². The molecule has 114 valence electrons. The van der Waals surface area contributed by atoms with Crippen molar-refractivity contribution >= 4 is 27.3 Å². The largest absolute Gasteiger partial charge is 0.452 e. The van der Waals surface area contributed by atoms with E-state index in [9.17, 15) is 8.78 Å². The predicted molar refractivity (Wildman–Crippen MR) is 83.4 cm³/mol. The quantitative estimate of drug-likeness (QED) is 0.784. The number of halogens is 3. The molecule has 0 radical (unpaired) electrons. The Bertz CT molecular complexity index is 647. The molecule has 0 saturated carbocycles. The molecule has 0 bridgehead atoms. The third-order valence-corrected chi connectivity index (χ3v) is 5.16. The van der Waals surface area contributed by atoms with Crippen LogP contribution in [0.3, 0.4) is 0 Å². The molecule has 0 aliphatic rings. The molecule has 0 saturated heterocycles. The average Bonchev–Trinajstić information content (AvgIpc) is 2.69. The molecular weight excluding hydrogens is 362 g/mol. The van der Waals surface area contributed by atoms with Crippen LogP contribution in [0.5, 0.6) is 11.5 Å². The highest BCUT2D eigenvalue weighted by atomic mass is 79.9. The van der Waals surface area contributed by atoms with Crippen LogP contribution >= 0.6 is 27.3 Å². The first kappa shape index (κ1) is 16.4. The van der Waals surface area contributed by atoms with Crippen LogP contribution in [0.15, 0.2) is 15.9 Å². The molecule has 2 aromatic rings. The SMILES string of the molecule is Cc1cc(F)cc(C)c1Oc1c(Br)sc(C(C)CO)c1F. The standard InChI is InChI=1S/C15H15BrF2O2S/c1-7-4-10(17)5-8(2)12(7)20-13-11(18)14(9(3)6-19)21-15(13)16/h4-5,9,19H,6H2,1-3H3. The molecule has 1 atom stereocenters. The van der Waals surface area contributed by atoms with Gasteiger partial charge in [0.1, 0.15) is 15.4 Å². The van der Waals surface area contributed by atoms with Crippen molar-refractivity contribution in [1.29, 1.82) is 0 Å². The van der Waals surface area contributed by atoms with Crippen molar-refractivity contribution in [3.63, 3.8) is 0 Å². The zero-order valence-electron chi connectivity index (χ0n) is 11.8. The van der Waals surface area contributed by atoms with E-state index < -0.39 is 5.82 Å². The van der Waals surface area contributed by atoms with Gasteiger partial charge in [-0.2, -0.15) is 0 Å². The maximum Gasteiger partial charge on any atom is 0.188 e. The van der Waals surface area contributed by atoms with Gasteiger partial charge >= 0.3 is 0 Å². The zero-order valence-corrected chi connectivity index (χ0v) is 14.2. The fraction of sp³-hybridized carbons (Fsp3) is 0.333. The molecule has 0 amide bonds. The minimum atomic E-state index is -0.489. The smallest absolute Gasteiger partial charge is 0.188 e. The molecule has 6 heteroatoms. The molecule has 1 heterocycles. The molecule has 0 spiro atoms. The van der Waals surface area contributed by atoms with Crippen LogP contribution in [0.1, 0.15) is 28.8 Å². The third-order valence-electron chi connectivity index (χ3n) is 3.14. The summed E-state index contributed by atoms with van der Waals surface area (Å²) in [5, 5.41) is 9.16. The number of thiophene rings is 1. The second-order valence-corrected chi connectivity index (χ2v) is 7.31. The molecule has 0 aliphatic carbocycles. The summed E-state index contributed by atoms with van der Waals surface area (Å²) in [5.74, 6) is -0.627. The second-order valence-electron chi connectivity index (χ2n) is 4.94. The van der Waals surface area contributed by atoms with E-state index in [1.165, 1.54) is 23.5 Å². The summed E-state index contributed by atoms with van der Waals surface area (Å²) in [6.45, 7) is 5.01. The van der Waals surface area contributed by atoms with E-state index >= 15 is 0 Å². The lowest BCUT2D eigenvalue weighted by atomic mass is 10.1. The minimum Gasteiger partial charge on any atom is -0.452 e. The highest BCUT2D eigenvalue weighted by molar-refractivity contribution is 9.11. The Balaban J connectivity index is 2.43. The van der Waals surface area contributed by atoms with Crippen LogP contribution in [0.4, 0.5) is 8.78 Å². The second kappa shape index (κ2) is 6.42. The van der Waals surface area contributed by atoms with Crippen molar-refractivity contribution in [2.24, 2.45) is 0 Å². The van der Waals surface area contributed by atoms with Gasteiger partial charge in [-0.25, -0.2) is 8.78 Å². The van der Waals surface area contributed by atoms with Gasteiger partial charge in [0.05, 0.1) is 11.5 Å². The number of aryl methyl sites for hydroxylation is 2. The number of ether oxygens (including phenoxy) is 1. The molecule has 1 unspecified atom stereocenters. The van der Waals surface area contributed by atoms with Gasteiger partial charge in [0, 0.05) is 5.92 Å². The summed E-state index contributed by atoms with van der Waals surface area (Å²) < 4.78 is 33.9. The van der Waals surface area contributed by atoms with Crippen molar-refractivity contribution in [2.45, 2.75) is 26.7 Å². The number of benzene rings is 1. The highest BCUT2D eigenvalue weighted by Crippen LogP contribution is 2.44. The Hall–Kier alpha value is -0.980. The van der Waals surface area contributed by atoms with E-state index in [-0.39, 0.29) is 24.1 Å². The van der Waals surface area contributed by atoms with Gasteiger partial charge in [-0.15, -0.1) is 11.3 Å². The van der Waals surface area contributed by atoms with Crippen molar-refractivity contribution in [3.8, 4) is 11.5 Å². The molecule has 2 rings (SSSR count). The maximum absolute atomic E-state index is 14.4. The summed E-state index contributed by atoms with van der Waals surface area (Å²) in [7, 11) is 0. The zero-order chi connectivity index (χ0) is 15.7. The van der Waals surface area contributed by atoms with Crippen LogP contribution in [-0.4, -0.2) is 11.7 Å². The Morgan fingerprint density at radius 1 is 1.24 bits per heavy atom. The Labute approximate surface area is 134 Å². The highest BCUT2D eigenvalue weighted by Gasteiger charge is 2.23. The molecule has 0 aliphatic heterocycles. The Kier molecular flexibility index (Phi) is 5.01. The Morgan fingerprint density at radius 3 is 2.33 bits per heavy atom. The van der Waals surface area contributed by atoms with Crippen LogP contribution in [0.25, 0.3) is 0 Å². The van der Waals surface area contributed by atoms with Gasteiger partial charge in [-0.1, -0.05) is 6.92 Å². The topological polar surface area (TPSA) is 29.5 Å². The van der Waals surface area contributed by atoms with E-state index in [0.29, 0.717) is 25.5 Å². The number of hydrogen-bond acceptors (Lipinski definition) is 3. The first-order chi connectivity index (χ1) is 9.85. The van der Waals surface area contributed by atoms with Gasteiger partial charge in [-0.3, -0.25) is 0 Å². The predicted octanol–water partition coefficient (Wildman–Crippen LogP) is 5.29. The average molecular weight is 377 g/mol. The molecule has 1 aromatic carbocycles. The van der Waals surface area contributed by atoms with E-state index in [0.717, 1.165) is 0 Å². The first-order valence-electron chi connectivity index (χ1n) is 6.38.